The van der Waals surface area contributed by atoms with Gasteiger partial charge in [-0.25, -0.2) is 4.79 Å². The van der Waals surface area contributed by atoms with E-state index >= 15 is 0 Å². The van der Waals surface area contributed by atoms with Crippen LogP contribution in [-0.2, 0) is 9.53 Å². The van der Waals surface area contributed by atoms with Crippen molar-refractivity contribution in [1.29, 1.82) is 0 Å². The fraction of sp³-hybridized carbons (Fsp3) is 0.333. The molecule has 0 radical (unpaired) electrons. The predicted molar refractivity (Wildman–Crippen MR) is 98.3 cm³/mol. The molecule has 1 heterocycles. The molecule has 5 nitrogen and oxygen atoms in total. The molecule has 0 bridgehead atoms. The third-order valence-electron chi connectivity index (χ3n) is 4.33. The van der Waals surface area contributed by atoms with Crippen molar-refractivity contribution < 1.29 is 19.1 Å². The van der Waals surface area contributed by atoms with Crippen molar-refractivity contribution in [3.05, 3.63) is 60.2 Å². The Kier molecular flexibility index (Phi) is 6.25. The number of carbonyl (C=O) groups excluding carboxylic acids is 2. The van der Waals surface area contributed by atoms with Gasteiger partial charge in [-0.15, -0.1) is 0 Å². The minimum Gasteiger partial charge on any atom is -0.457 e. The number of esters is 1. The second-order valence-electron chi connectivity index (χ2n) is 6.31. The van der Waals surface area contributed by atoms with Crippen molar-refractivity contribution in [2.24, 2.45) is 0 Å². The van der Waals surface area contributed by atoms with Crippen molar-refractivity contribution in [2.75, 3.05) is 19.7 Å². The van der Waals surface area contributed by atoms with Gasteiger partial charge in [-0.05, 0) is 43.2 Å². The Hall–Kier alpha value is -2.82. The lowest BCUT2D eigenvalue weighted by Crippen LogP contribution is -2.35. The Bertz CT molecular complexity index is 737. The zero-order valence-electron chi connectivity index (χ0n) is 14.7. The van der Waals surface area contributed by atoms with Gasteiger partial charge in [0.2, 0.25) is 0 Å². The largest absolute Gasteiger partial charge is 0.457 e. The summed E-state index contributed by atoms with van der Waals surface area (Å²) < 4.78 is 10.9. The fourth-order valence-electron chi connectivity index (χ4n) is 2.93. The maximum Gasteiger partial charge on any atom is 0.338 e. The number of benzene rings is 2. The van der Waals surface area contributed by atoms with E-state index in [-0.39, 0.29) is 12.5 Å². The monoisotopic (exact) mass is 353 g/mol. The van der Waals surface area contributed by atoms with Gasteiger partial charge in [-0.3, -0.25) is 4.79 Å². The summed E-state index contributed by atoms with van der Waals surface area (Å²) in [7, 11) is 0. The van der Waals surface area contributed by atoms with Crippen LogP contribution in [0, 0.1) is 0 Å². The van der Waals surface area contributed by atoms with E-state index in [1.807, 2.05) is 30.3 Å². The zero-order valence-corrected chi connectivity index (χ0v) is 14.7. The minimum atomic E-state index is -0.522. The quantitative estimate of drug-likeness (QED) is 0.761. The van der Waals surface area contributed by atoms with Gasteiger partial charge in [0.25, 0.3) is 5.91 Å². The first-order valence-electron chi connectivity index (χ1n) is 9.00. The van der Waals surface area contributed by atoms with Crippen LogP contribution in [0.4, 0.5) is 0 Å². The molecule has 3 rings (SSSR count). The highest BCUT2D eigenvalue weighted by atomic mass is 16.5. The molecule has 5 heteroatoms. The number of nitrogens with zero attached hydrogens (tertiary/aromatic N) is 1. The number of hydrogen-bond donors (Lipinski definition) is 0. The topological polar surface area (TPSA) is 55.8 Å². The highest BCUT2D eigenvalue weighted by Gasteiger charge is 2.18. The molecule has 2 aromatic rings. The molecule has 0 aromatic heterocycles. The van der Waals surface area contributed by atoms with Crippen LogP contribution >= 0.6 is 0 Å². The van der Waals surface area contributed by atoms with Crippen LogP contribution in [0.5, 0.6) is 11.5 Å². The second kappa shape index (κ2) is 9.04. The van der Waals surface area contributed by atoms with Crippen molar-refractivity contribution in [3.8, 4) is 11.5 Å². The number of amides is 1. The number of likely N-dealkylation sites (tertiary alicyclic amines) is 1. The molecule has 1 amide bonds. The van der Waals surface area contributed by atoms with Crippen LogP contribution in [-0.4, -0.2) is 36.5 Å². The molecule has 1 aliphatic rings. The van der Waals surface area contributed by atoms with Crippen LogP contribution in [0.2, 0.25) is 0 Å². The Morgan fingerprint density at radius 3 is 2.27 bits per heavy atom. The fourth-order valence-corrected chi connectivity index (χ4v) is 2.93. The van der Waals surface area contributed by atoms with Crippen molar-refractivity contribution in [2.45, 2.75) is 25.7 Å². The van der Waals surface area contributed by atoms with Gasteiger partial charge in [-0.1, -0.05) is 37.1 Å². The normalized spacial score (nSPS) is 14.4. The maximum absolute atomic E-state index is 12.3. The molecule has 1 fully saturated rings. The summed E-state index contributed by atoms with van der Waals surface area (Å²) in [5.41, 5.74) is 0.363. The summed E-state index contributed by atoms with van der Waals surface area (Å²) in [6.45, 7) is 1.27. The zero-order chi connectivity index (χ0) is 18.2. The lowest BCUT2D eigenvalue weighted by atomic mass is 10.2. The van der Waals surface area contributed by atoms with Gasteiger partial charge in [0.1, 0.15) is 11.5 Å². The van der Waals surface area contributed by atoms with E-state index in [2.05, 4.69) is 0 Å². The molecule has 2 aromatic carbocycles. The highest BCUT2D eigenvalue weighted by molar-refractivity contribution is 5.91. The van der Waals surface area contributed by atoms with Gasteiger partial charge in [-0.2, -0.15) is 0 Å². The maximum atomic E-state index is 12.3. The van der Waals surface area contributed by atoms with Gasteiger partial charge >= 0.3 is 5.97 Å². The number of rotatable bonds is 5. The summed E-state index contributed by atoms with van der Waals surface area (Å²) in [4.78, 5) is 26.3. The summed E-state index contributed by atoms with van der Waals surface area (Å²) in [5, 5.41) is 0. The molecule has 1 aliphatic heterocycles. The Morgan fingerprint density at radius 1 is 0.846 bits per heavy atom. The molecular formula is C21H23NO4. The smallest absolute Gasteiger partial charge is 0.338 e. The van der Waals surface area contributed by atoms with Crippen LogP contribution in [0.3, 0.4) is 0 Å². The van der Waals surface area contributed by atoms with Crippen molar-refractivity contribution in [3.63, 3.8) is 0 Å². The SMILES string of the molecule is O=C(OCC(=O)N1CCCCCC1)c1cccc(Oc2ccccc2)c1. The number of ether oxygens (including phenoxy) is 2. The standard InChI is InChI=1S/C21H23NO4/c23-20(22-13-6-1-2-7-14-22)16-25-21(24)17-9-8-12-19(15-17)26-18-10-4-3-5-11-18/h3-5,8-12,15H,1-2,6-7,13-14,16H2. The van der Waals surface area contributed by atoms with Crippen LogP contribution in [0.15, 0.2) is 54.6 Å². The predicted octanol–water partition coefficient (Wildman–Crippen LogP) is 4.04. The molecule has 0 atom stereocenters. The van der Waals surface area contributed by atoms with Gasteiger partial charge in [0, 0.05) is 13.1 Å². The van der Waals surface area contributed by atoms with Gasteiger partial charge in [0.05, 0.1) is 5.56 Å². The average molecular weight is 353 g/mol. The van der Waals surface area contributed by atoms with E-state index in [9.17, 15) is 9.59 Å². The molecule has 0 aliphatic carbocycles. The third-order valence-corrected chi connectivity index (χ3v) is 4.33. The first kappa shape index (κ1) is 18.0. The molecule has 136 valence electrons. The van der Waals surface area contributed by atoms with E-state index < -0.39 is 5.97 Å². The first-order chi connectivity index (χ1) is 12.7. The second-order valence-corrected chi connectivity index (χ2v) is 6.31. The van der Waals surface area contributed by atoms with Gasteiger partial charge in [0.15, 0.2) is 6.61 Å². The highest BCUT2D eigenvalue weighted by Crippen LogP contribution is 2.22. The third kappa shape index (κ3) is 5.09. The molecule has 0 saturated carbocycles. The number of hydrogen-bond acceptors (Lipinski definition) is 4. The van der Waals surface area contributed by atoms with Crippen LogP contribution in [0.1, 0.15) is 36.0 Å². The number of para-hydroxylation sites is 1. The lowest BCUT2D eigenvalue weighted by molar-refractivity contribution is -0.134. The van der Waals surface area contributed by atoms with E-state index in [4.69, 9.17) is 9.47 Å². The Balaban J connectivity index is 1.56. The molecule has 0 spiro atoms. The van der Waals surface area contributed by atoms with E-state index in [0.717, 1.165) is 38.8 Å². The molecule has 0 N–H and O–H groups in total. The van der Waals surface area contributed by atoms with Crippen LogP contribution in [0.25, 0.3) is 0 Å². The lowest BCUT2D eigenvalue weighted by Gasteiger charge is -2.19. The molecule has 0 unspecified atom stereocenters. The first-order valence-corrected chi connectivity index (χ1v) is 9.00. The van der Waals surface area contributed by atoms with E-state index in [0.29, 0.717) is 17.1 Å². The van der Waals surface area contributed by atoms with Crippen molar-refractivity contribution in [1.82, 2.24) is 4.90 Å². The summed E-state index contributed by atoms with van der Waals surface area (Å²) in [6.07, 6.45) is 4.33. The molecule has 1 saturated heterocycles. The van der Waals surface area contributed by atoms with E-state index in [1.54, 1.807) is 29.2 Å². The minimum absolute atomic E-state index is 0.128. The number of carbonyl (C=O) groups is 2. The van der Waals surface area contributed by atoms with E-state index in [1.165, 1.54) is 0 Å². The summed E-state index contributed by atoms with van der Waals surface area (Å²) >= 11 is 0. The Morgan fingerprint density at radius 2 is 1.54 bits per heavy atom. The molecule has 26 heavy (non-hydrogen) atoms. The average Bonchev–Trinajstić information content (AvgIpc) is 2.96. The Labute approximate surface area is 153 Å². The van der Waals surface area contributed by atoms with Crippen LogP contribution < -0.4 is 4.74 Å². The van der Waals surface area contributed by atoms with Crippen molar-refractivity contribution >= 4 is 11.9 Å². The summed E-state index contributed by atoms with van der Waals surface area (Å²) in [5.74, 6) is 0.586. The van der Waals surface area contributed by atoms with Gasteiger partial charge < -0.3 is 14.4 Å². The summed E-state index contributed by atoms with van der Waals surface area (Å²) in [6, 6.07) is 16.1. The molecular weight excluding hydrogens is 330 g/mol.